The van der Waals surface area contributed by atoms with Crippen LogP contribution >= 0.6 is 0 Å². The van der Waals surface area contributed by atoms with Crippen molar-refractivity contribution in [3.63, 3.8) is 0 Å². The monoisotopic (exact) mass is 225 g/mol. The predicted molar refractivity (Wildman–Crippen MR) is 60.0 cm³/mol. The summed E-state index contributed by atoms with van der Waals surface area (Å²) in [5.41, 5.74) is 0.817. The molecule has 4 heteroatoms. The summed E-state index contributed by atoms with van der Waals surface area (Å²) >= 11 is 0. The smallest absolute Gasteiger partial charge is 0.333 e. The van der Waals surface area contributed by atoms with Crippen molar-refractivity contribution in [3.05, 3.63) is 11.6 Å². The number of carbonyl (C=O) groups excluding carboxylic acids is 1. The van der Waals surface area contributed by atoms with Crippen LogP contribution in [0, 0.1) is 5.92 Å². The van der Waals surface area contributed by atoms with Gasteiger partial charge >= 0.3 is 5.97 Å². The molecule has 0 aromatic carbocycles. The van der Waals surface area contributed by atoms with Gasteiger partial charge in [-0.05, 0) is 31.7 Å². The highest BCUT2D eigenvalue weighted by Crippen LogP contribution is 2.23. The molecule has 0 aromatic heterocycles. The van der Waals surface area contributed by atoms with Gasteiger partial charge in [-0.2, -0.15) is 0 Å². The van der Waals surface area contributed by atoms with Gasteiger partial charge in [0.1, 0.15) is 0 Å². The first-order valence-electron chi connectivity index (χ1n) is 5.91. The molecule has 2 aliphatic rings. The lowest BCUT2D eigenvalue weighted by Gasteiger charge is -2.32. The van der Waals surface area contributed by atoms with Crippen LogP contribution in [0.3, 0.4) is 0 Å². The molecule has 0 aromatic rings. The second kappa shape index (κ2) is 5.46. The zero-order valence-electron chi connectivity index (χ0n) is 9.70. The van der Waals surface area contributed by atoms with Gasteiger partial charge in [0.05, 0.1) is 7.11 Å². The van der Waals surface area contributed by atoms with Gasteiger partial charge in [0.25, 0.3) is 0 Å². The first-order chi connectivity index (χ1) is 7.81. The van der Waals surface area contributed by atoms with Crippen LogP contribution in [0.5, 0.6) is 0 Å². The number of hydrogen-bond acceptors (Lipinski definition) is 4. The van der Waals surface area contributed by atoms with Crippen molar-refractivity contribution in [2.24, 2.45) is 5.92 Å². The molecule has 1 N–H and O–H groups in total. The second-order valence-electron chi connectivity index (χ2n) is 4.36. The summed E-state index contributed by atoms with van der Waals surface area (Å²) in [6.45, 7) is 2.54. The Bertz CT molecular complexity index is 282. The average Bonchev–Trinajstić information content (AvgIpc) is 2.39. The van der Waals surface area contributed by atoms with Crippen molar-refractivity contribution >= 4 is 5.97 Å². The molecule has 0 spiro atoms. The van der Waals surface area contributed by atoms with Gasteiger partial charge in [0.15, 0.2) is 0 Å². The number of hydrogen-bond donors (Lipinski definition) is 1. The molecule has 2 heterocycles. The van der Waals surface area contributed by atoms with E-state index in [1.165, 1.54) is 7.11 Å². The minimum Gasteiger partial charge on any atom is -0.466 e. The van der Waals surface area contributed by atoms with Crippen molar-refractivity contribution < 1.29 is 14.3 Å². The minimum atomic E-state index is -0.182. The van der Waals surface area contributed by atoms with Crippen molar-refractivity contribution in [1.82, 2.24) is 5.32 Å². The normalized spacial score (nSPS) is 27.3. The van der Waals surface area contributed by atoms with E-state index in [1.54, 1.807) is 0 Å². The SMILES string of the molecule is COC(=O)C1=CC(C2CCOCC2)NCC1. The Balaban J connectivity index is 2.01. The van der Waals surface area contributed by atoms with Crippen LogP contribution < -0.4 is 5.32 Å². The molecule has 0 radical (unpaired) electrons. The van der Waals surface area contributed by atoms with Crippen molar-refractivity contribution in [2.75, 3.05) is 26.9 Å². The number of carbonyl (C=O) groups is 1. The van der Waals surface area contributed by atoms with E-state index in [-0.39, 0.29) is 5.97 Å². The number of esters is 1. The van der Waals surface area contributed by atoms with E-state index < -0.39 is 0 Å². The van der Waals surface area contributed by atoms with Crippen LogP contribution in [-0.4, -0.2) is 38.9 Å². The topological polar surface area (TPSA) is 47.6 Å². The first kappa shape index (κ1) is 11.6. The zero-order valence-corrected chi connectivity index (χ0v) is 9.70. The fraction of sp³-hybridized carbons (Fsp3) is 0.750. The third-order valence-electron chi connectivity index (χ3n) is 3.38. The number of rotatable bonds is 2. The van der Waals surface area contributed by atoms with Crippen LogP contribution in [0.4, 0.5) is 0 Å². The Morgan fingerprint density at radius 2 is 2.25 bits per heavy atom. The molecule has 0 aliphatic carbocycles. The Labute approximate surface area is 96.0 Å². The van der Waals surface area contributed by atoms with Crippen molar-refractivity contribution in [1.29, 1.82) is 0 Å². The predicted octanol–water partition coefficient (Wildman–Crippen LogP) is 0.874. The van der Waals surface area contributed by atoms with Gasteiger partial charge in [0.2, 0.25) is 0 Å². The van der Waals surface area contributed by atoms with Crippen LogP contribution in [0.15, 0.2) is 11.6 Å². The molecule has 0 bridgehead atoms. The second-order valence-corrected chi connectivity index (χ2v) is 4.36. The minimum absolute atomic E-state index is 0.182. The van der Waals surface area contributed by atoms with Gasteiger partial charge < -0.3 is 14.8 Å². The van der Waals surface area contributed by atoms with E-state index in [1.807, 2.05) is 6.08 Å². The van der Waals surface area contributed by atoms with Crippen LogP contribution in [0.25, 0.3) is 0 Å². The van der Waals surface area contributed by atoms with Crippen LogP contribution in [0.2, 0.25) is 0 Å². The fourth-order valence-electron chi connectivity index (χ4n) is 2.41. The standard InChI is InChI=1S/C12H19NO3/c1-15-12(14)10-2-5-13-11(8-10)9-3-6-16-7-4-9/h8-9,11,13H,2-7H2,1H3. The van der Waals surface area contributed by atoms with Gasteiger partial charge in [-0.1, -0.05) is 6.08 Å². The quantitative estimate of drug-likeness (QED) is 0.709. The van der Waals surface area contributed by atoms with E-state index in [2.05, 4.69) is 5.32 Å². The molecule has 1 unspecified atom stereocenters. The third-order valence-corrected chi connectivity index (χ3v) is 3.38. The van der Waals surface area contributed by atoms with Gasteiger partial charge in [-0.15, -0.1) is 0 Å². The van der Waals surface area contributed by atoms with Crippen LogP contribution in [-0.2, 0) is 14.3 Å². The fourth-order valence-corrected chi connectivity index (χ4v) is 2.41. The highest BCUT2D eigenvalue weighted by Gasteiger charge is 2.26. The van der Waals surface area contributed by atoms with E-state index in [9.17, 15) is 4.79 Å². The molecule has 0 saturated carbocycles. The maximum atomic E-state index is 11.5. The summed E-state index contributed by atoms with van der Waals surface area (Å²) in [5, 5.41) is 3.46. The summed E-state index contributed by atoms with van der Waals surface area (Å²) in [6, 6.07) is 0.312. The Morgan fingerprint density at radius 3 is 2.94 bits per heavy atom. The van der Waals surface area contributed by atoms with Gasteiger partial charge in [-0.3, -0.25) is 0 Å². The molecule has 90 valence electrons. The molecule has 4 nitrogen and oxygen atoms in total. The molecule has 16 heavy (non-hydrogen) atoms. The van der Waals surface area contributed by atoms with E-state index in [0.29, 0.717) is 12.0 Å². The molecule has 2 rings (SSSR count). The lowest BCUT2D eigenvalue weighted by molar-refractivity contribution is -0.136. The Morgan fingerprint density at radius 1 is 1.50 bits per heavy atom. The van der Waals surface area contributed by atoms with Gasteiger partial charge in [-0.25, -0.2) is 4.79 Å². The number of ether oxygens (including phenoxy) is 2. The van der Waals surface area contributed by atoms with Gasteiger partial charge in [0, 0.05) is 24.8 Å². The first-order valence-corrected chi connectivity index (χ1v) is 5.91. The summed E-state index contributed by atoms with van der Waals surface area (Å²) < 4.78 is 10.1. The molecule has 0 amide bonds. The largest absolute Gasteiger partial charge is 0.466 e. The highest BCUT2D eigenvalue weighted by atomic mass is 16.5. The Hall–Kier alpha value is -0.870. The summed E-state index contributed by atoms with van der Waals surface area (Å²) in [7, 11) is 1.44. The Kier molecular flexibility index (Phi) is 3.96. The molecular weight excluding hydrogens is 206 g/mol. The number of nitrogens with one attached hydrogen (secondary N) is 1. The maximum Gasteiger partial charge on any atom is 0.333 e. The summed E-state index contributed by atoms with van der Waals surface area (Å²) in [6.07, 6.45) is 4.96. The zero-order chi connectivity index (χ0) is 11.4. The molecule has 1 fully saturated rings. The maximum absolute atomic E-state index is 11.5. The summed E-state index contributed by atoms with van der Waals surface area (Å²) in [5.74, 6) is 0.410. The lowest BCUT2D eigenvalue weighted by Crippen LogP contribution is -2.41. The summed E-state index contributed by atoms with van der Waals surface area (Å²) in [4.78, 5) is 11.5. The van der Waals surface area contributed by atoms with E-state index >= 15 is 0 Å². The lowest BCUT2D eigenvalue weighted by atomic mass is 9.88. The average molecular weight is 225 g/mol. The molecule has 1 atom stereocenters. The van der Waals surface area contributed by atoms with Crippen molar-refractivity contribution in [3.8, 4) is 0 Å². The highest BCUT2D eigenvalue weighted by molar-refractivity contribution is 5.88. The molecule has 1 saturated heterocycles. The third kappa shape index (κ3) is 2.62. The van der Waals surface area contributed by atoms with E-state index in [0.717, 1.165) is 44.6 Å². The molecule has 2 aliphatic heterocycles. The van der Waals surface area contributed by atoms with Crippen molar-refractivity contribution in [2.45, 2.75) is 25.3 Å². The molecular formula is C12H19NO3. The van der Waals surface area contributed by atoms with Crippen LogP contribution in [0.1, 0.15) is 19.3 Å². The van der Waals surface area contributed by atoms with E-state index in [4.69, 9.17) is 9.47 Å². The number of methoxy groups -OCH3 is 1.